The zero-order valence-corrected chi connectivity index (χ0v) is 10.7. The third kappa shape index (κ3) is 3.15. The smallest absolute Gasteiger partial charge is 0.179 e. The molecule has 1 fully saturated rings. The summed E-state index contributed by atoms with van der Waals surface area (Å²) in [4.78, 5) is 16.4. The zero-order valence-electron chi connectivity index (χ0n) is 10.7. The van der Waals surface area contributed by atoms with Crippen molar-refractivity contribution in [2.24, 2.45) is 0 Å². The summed E-state index contributed by atoms with van der Waals surface area (Å²) in [6.07, 6.45) is 0. The average molecular weight is 250 g/mol. The van der Waals surface area contributed by atoms with Crippen LogP contribution in [-0.2, 0) is 0 Å². The number of ketones is 1. The Morgan fingerprint density at radius 2 is 1.78 bits per heavy atom. The first kappa shape index (κ1) is 13.2. The highest BCUT2D eigenvalue weighted by molar-refractivity contribution is 5.97. The van der Waals surface area contributed by atoms with E-state index in [0.29, 0.717) is 6.54 Å². The maximum atomic E-state index is 13.5. The van der Waals surface area contributed by atoms with E-state index in [2.05, 4.69) is 16.7 Å². The lowest BCUT2D eigenvalue weighted by Gasteiger charge is -2.33. The summed E-state index contributed by atoms with van der Waals surface area (Å²) in [5, 5.41) is 0. The molecule has 0 atom stereocenters. The molecule has 0 aromatic heterocycles. The van der Waals surface area contributed by atoms with Crippen LogP contribution in [0.4, 0.5) is 4.39 Å². The first-order chi connectivity index (χ1) is 8.70. The Hall–Kier alpha value is -1.26. The Balaban J connectivity index is 1.91. The van der Waals surface area contributed by atoms with Gasteiger partial charge in [0.15, 0.2) is 5.78 Å². The van der Waals surface area contributed by atoms with Crippen LogP contribution in [0.5, 0.6) is 0 Å². The molecule has 0 saturated carbocycles. The van der Waals surface area contributed by atoms with E-state index in [0.717, 1.165) is 32.7 Å². The number of likely N-dealkylation sites (N-methyl/N-ethyl adjacent to an activating group) is 1. The van der Waals surface area contributed by atoms with Crippen LogP contribution in [0, 0.1) is 5.82 Å². The second kappa shape index (κ2) is 6.07. The molecule has 1 aromatic carbocycles. The molecule has 0 unspecified atom stereocenters. The molecule has 1 aliphatic heterocycles. The SMILES string of the molecule is CCN1CCN(CC(=O)c2ccccc2F)CC1. The number of rotatable bonds is 4. The monoisotopic (exact) mass is 250 g/mol. The number of halogens is 1. The topological polar surface area (TPSA) is 23.6 Å². The van der Waals surface area contributed by atoms with Gasteiger partial charge in [-0.2, -0.15) is 0 Å². The molecule has 3 nitrogen and oxygen atoms in total. The van der Waals surface area contributed by atoms with E-state index in [4.69, 9.17) is 0 Å². The summed E-state index contributed by atoms with van der Waals surface area (Å²) in [7, 11) is 0. The van der Waals surface area contributed by atoms with Gasteiger partial charge in [0, 0.05) is 26.2 Å². The van der Waals surface area contributed by atoms with E-state index in [-0.39, 0.29) is 11.3 Å². The molecule has 0 amide bonds. The molecule has 1 saturated heterocycles. The Labute approximate surface area is 107 Å². The van der Waals surface area contributed by atoms with Gasteiger partial charge in [0.05, 0.1) is 12.1 Å². The molecule has 1 aromatic rings. The second-order valence-electron chi connectivity index (χ2n) is 4.61. The molecule has 1 heterocycles. The Kier molecular flexibility index (Phi) is 4.44. The first-order valence-electron chi connectivity index (χ1n) is 6.43. The third-order valence-electron chi connectivity index (χ3n) is 3.45. The minimum Gasteiger partial charge on any atom is -0.301 e. The molecule has 2 rings (SSSR count). The highest BCUT2D eigenvalue weighted by atomic mass is 19.1. The summed E-state index contributed by atoms with van der Waals surface area (Å²) in [6.45, 7) is 7.25. The maximum absolute atomic E-state index is 13.5. The van der Waals surface area contributed by atoms with Crippen LogP contribution >= 0.6 is 0 Å². The van der Waals surface area contributed by atoms with Crippen molar-refractivity contribution in [2.75, 3.05) is 39.3 Å². The van der Waals surface area contributed by atoms with Crippen LogP contribution in [0.3, 0.4) is 0 Å². The van der Waals surface area contributed by atoms with Crippen molar-refractivity contribution in [1.82, 2.24) is 9.80 Å². The predicted molar refractivity (Wildman–Crippen MR) is 69.3 cm³/mol. The molecular weight excluding hydrogens is 231 g/mol. The fourth-order valence-electron chi connectivity index (χ4n) is 2.24. The van der Waals surface area contributed by atoms with Gasteiger partial charge in [-0.1, -0.05) is 19.1 Å². The van der Waals surface area contributed by atoms with Crippen LogP contribution in [-0.4, -0.2) is 54.9 Å². The highest BCUT2D eigenvalue weighted by Crippen LogP contribution is 2.09. The van der Waals surface area contributed by atoms with Gasteiger partial charge in [0.2, 0.25) is 0 Å². The molecule has 1 aliphatic rings. The Morgan fingerprint density at radius 3 is 2.39 bits per heavy atom. The number of carbonyl (C=O) groups excluding carboxylic acids is 1. The van der Waals surface area contributed by atoms with E-state index in [9.17, 15) is 9.18 Å². The van der Waals surface area contributed by atoms with Gasteiger partial charge in [-0.25, -0.2) is 4.39 Å². The fraction of sp³-hybridized carbons (Fsp3) is 0.500. The van der Waals surface area contributed by atoms with Crippen LogP contribution in [0.25, 0.3) is 0 Å². The number of carbonyl (C=O) groups is 1. The van der Waals surface area contributed by atoms with Crippen molar-refractivity contribution in [3.63, 3.8) is 0 Å². The minimum absolute atomic E-state index is 0.127. The molecule has 0 aliphatic carbocycles. The van der Waals surface area contributed by atoms with Gasteiger partial charge in [-0.05, 0) is 18.7 Å². The normalized spacial score (nSPS) is 17.9. The lowest BCUT2D eigenvalue weighted by atomic mass is 10.1. The molecule has 0 bridgehead atoms. The first-order valence-corrected chi connectivity index (χ1v) is 6.43. The maximum Gasteiger partial charge on any atom is 0.179 e. The van der Waals surface area contributed by atoms with Gasteiger partial charge in [-0.15, -0.1) is 0 Å². The van der Waals surface area contributed by atoms with Crippen molar-refractivity contribution >= 4 is 5.78 Å². The van der Waals surface area contributed by atoms with E-state index in [1.165, 1.54) is 6.07 Å². The van der Waals surface area contributed by atoms with E-state index in [1.807, 2.05) is 0 Å². The van der Waals surface area contributed by atoms with Crippen LogP contribution in [0.1, 0.15) is 17.3 Å². The second-order valence-corrected chi connectivity index (χ2v) is 4.61. The van der Waals surface area contributed by atoms with Crippen molar-refractivity contribution < 1.29 is 9.18 Å². The molecule has 18 heavy (non-hydrogen) atoms. The van der Waals surface area contributed by atoms with Gasteiger partial charge in [-0.3, -0.25) is 9.69 Å². The van der Waals surface area contributed by atoms with Crippen LogP contribution in [0.2, 0.25) is 0 Å². The van der Waals surface area contributed by atoms with Gasteiger partial charge in [0.1, 0.15) is 5.82 Å². The molecular formula is C14H19FN2O. The quantitative estimate of drug-likeness (QED) is 0.759. The average Bonchev–Trinajstić information content (AvgIpc) is 2.40. The van der Waals surface area contributed by atoms with Crippen molar-refractivity contribution in [2.45, 2.75) is 6.92 Å². The summed E-state index contributed by atoms with van der Waals surface area (Å²) in [5.41, 5.74) is 0.204. The van der Waals surface area contributed by atoms with Crippen molar-refractivity contribution in [3.05, 3.63) is 35.6 Å². The predicted octanol–water partition coefficient (Wildman–Crippen LogP) is 1.65. The molecule has 0 radical (unpaired) electrons. The highest BCUT2D eigenvalue weighted by Gasteiger charge is 2.19. The summed E-state index contributed by atoms with van der Waals surface area (Å²) >= 11 is 0. The largest absolute Gasteiger partial charge is 0.301 e. The number of Topliss-reactive ketones (excluding diaryl/α,β-unsaturated/α-hetero) is 1. The Bertz CT molecular complexity index is 414. The van der Waals surface area contributed by atoms with E-state index in [1.54, 1.807) is 18.2 Å². The number of benzene rings is 1. The lowest BCUT2D eigenvalue weighted by Crippen LogP contribution is -2.47. The van der Waals surface area contributed by atoms with Crippen LogP contribution < -0.4 is 0 Å². The van der Waals surface area contributed by atoms with E-state index >= 15 is 0 Å². The van der Waals surface area contributed by atoms with Crippen LogP contribution in [0.15, 0.2) is 24.3 Å². The van der Waals surface area contributed by atoms with Crippen molar-refractivity contribution in [3.8, 4) is 0 Å². The minimum atomic E-state index is -0.422. The lowest BCUT2D eigenvalue weighted by molar-refractivity contribution is 0.0855. The molecule has 4 heteroatoms. The number of hydrogen-bond acceptors (Lipinski definition) is 3. The van der Waals surface area contributed by atoms with Crippen molar-refractivity contribution in [1.29, 1.82) is 0 Å². The number of nitrogens with zero attached hydrogens (tertiary/aromatic N) is 2. The fourth-order valence-corrected chi connectivity index (χ4v) is 2.24. The molecule has 0 N–H and O–H groups in total. The Morgan fingerprint density at radius 1 is 1.17 bits per heavy atom. The van der Waals surface area contributed by atoms with E-state index < -0.39 is 5.82 Å². The standard InChI is InChI=1S/C14H19FN2O/c1-2-16-7-9-17(10-8-16)11-14(18)12-5-3-4-6-13(12)15/h3-6H,2,7-11H2,1H3. The summed E-state index contributed by atoms with van der Waals surface area (Å²) in [5.74, 6) is -0.548. The van der Waals surface area contributed by atoms with Gasteiger partial charge in [0.25, 0.3) is 0 Å². The van der Waals surface area contributed by atoms with Gasteiger partial charge >= 0.3 is 0 Å². The summed E-state index contributed by atoms with van der Waals surface area (Å²) in [6, 6.07) is 6.19. The third-order valence-corrected chi connectivity index (χ3v) is 3.45. The summed E-state index contributed by atoms with van der Waals surface area (Å²) < 4.78 is 13.5. The number of piperazine rings is 1. The zero-order chi connectivity index (χ0) is 13.0. The van der Waals surface area contributed by atoms with Gasteiger partial charge < -0.3 is 4.90 Å². The number of hydrogen-bond donors (Lipinski definition) is 0. The molecule has 0 spiro atoms. The molecule has 98 valence electrons.